The molecule has 0 bridgehead atoms. The SMILES string of the molecule is O=C(Nc1ccc2c(n1)CCC2)N1Cc2cccnc2N2CCC[C@@H]2C1. The Morgan fingerprint density at radius 2 is 2.12 bits per heavy atom. The van der Waals surface area contributed by atoms with Gasteiger partial charge in [0.1, 0.15) is 11.6 Å². The number of fused-ring (bicyclic) bond motifs is 4. The first-order valence-corrected chi connectivity index (χ1v) is 9.53. The summed E-state index contributed by atoms with van der Waals surface area (Å²) in [7, 11) is 0. The van der Waals surface area contributed by atoms with Gasteiger partial charge in [-0.05, 0) is 49.8 Å². The molecule has 3 aliphatic rings. The van der Waals surface area contributed by atoms with Crippen LogP contribution in [0.5, 0.6) is 0 Å². The van der Waals surface area contributed by atoms with Crippen molar-refractivity contribution in [1.82, 2.24) is 14.9 Å². The van der Waals surface area contributed by atoms with Crippen molar-refractivity contribution in [3.05, 3.63) is 47.3 Å². The van der Waals surface area contributed by atoms with Crippen LogP contribution < -0.4 is 10.2 Å². The summed E-state index contributed by atoms with van der Waals surface area (Å²) in [5.74, 6) is 1.70. The van der Waals surface area contributed by atoms with Gasteiger partial charge in [-0.1, -0.05) is 12.1 Å². The quantitative estimate of drug-likeness (QED) is 0.860. The molecule has 0 unspecified atom stereocenters. The lowest BCUT2D eigenvalue weighted by atomic mass is 10.2. The molecule has 4 heterocycles. The normalized spacial score (nSPS) is 21.0. The van der Waals surface area contributed by atoms with E-state index in [2.05, 4.69) is 32.3 Å². The minimum atomic E-state index is -0.0704. The topological polar surface area (TPSA) is 61.4 Å². The summed E-state index contributed by atoms with van der Waals surface area (Å²) in [5.41, 5.74) is 3.57. The van der Waals surface area contributed by atoms with Crippen LogP contribution in [-0.4, -0.2) is 40.0 Å². The van der Waals surface area contributed by atoms with E-state index < -0.39 is 0 Å². The fraction of sp³-hybridized carbons (Fsp3) is 0.450. The molecule has 1 atom stereocenters. The van der Waals surface area contributed by atoms with Crippen molar-refractivity contribution in [2.75, 3.05) is 23.3 Å². The second-order valence-corrected chi connectivity index (χ2v) is 7.44. The molecule has 0 saturated carbocycles. The van der Waals surface area contributed by atoms with Crippen LogP contribution in [0.1, 0.15) is 36.1 Å². The van der Waals surface area contributed by atoms with E-state index in [1.807, 2.05) is 23.2 Å². The van der Waals surface area contributed by atoms with Crippen molar-refractivity contribution in [3.8, 4) is 0 Å². The number of carbonyl (C=O) groups is 1. The van der Waals surface area contributed by atoms with E-state index in [1.54, 1.807) is 0 Å². The van der Waals surface area contributed by atoms with Crippen LogP contribution in [0.2, 0.25) is 0 Å². The van der Waals surface area contributed by atoms with Crippen LogP contribution in [0.25, 0.3) is 0 Å². The summed E-state index contributed by atoms with van der Waals surface area (Å²) in [4.78, 5) is 26.5. The first-order valence-electron chi connectivity index (χ1n) is 9.53. The van der Waals surface area contributed by atoms with Crippen LogP contribution in [0.3, 0.4) is 0 Å². The summed E-state index contributed by atoms with van der Waals surface area (Å²) in [6.07, 6.45) is 7.38. The van der Waals surface area contributed by atoms with Crippen molar-refractivity contribution in [3.63, 3.8) is 0 Å². The molecule has 2 aliphatic heterocycles. The number of anilines is 2. The Bertz CT molecular complexity index is 852. The lowest BCUT2D eigenvalue weighted by Gasteiger charge is -2.26. The Morgan fingerprint density at radius 3 is 3.08 bits per heavy atom. The molecule has 2 amide bonds. The number of pyridine rings is 2. The maximum atomic E-state index is 13.0. The number of rotatable bonds is 1. The van der Waals surface area contributed by atoms with Crippen LogP contribution >= 0.6 is 0 Å². The maximum Gasteiger partial charge on any atom is 0.323 e. The van der Waals surface area contributed by atoms with Gasteiger partial charge in [-0.2, -0.15) is 0 Å². The van der Waals surface area contributed by atoms with Crippen molar-refractivity contribution in [2.24, 2.45) is 0 Å². The molecule has 1 fully saturated rings. The van der Waals surface area contributed by atoms with Gasteiger partial charge < -0.3 is 9.80 Å². The molecule has 6 heteroatoms. The highest BCUT2D eigenvalue weighted by atomic mass is 16.2. The van der Waals surface area contributed by atoms with Gasteiger partial charge in [0.2, 0.25) is 0 Å². The number of hydrogen-bond acceptors (Lipinski definition) is 4. The zero-order valence-electron chi connectivity index (χ0n) is 14.8. The fourth-order valence-corrected chi connectivity index (χ4v) is 4.47. The van der Waals surface area contributed by atoms with E-state index in [0.717, 1.165) is 62.3 Å². The highest BCUT2D eigenvalue weighted by molar-refractivity contribution is 5.88. The second kappa shape index (κ2) is 6.27. The van der Waals surface area contributed by atoms with E-state index in [-0.39, 0.29) is 6.03 Å². The average Bonchev–Trinajstić information content (AvgIpc) is 3.27. The van der Waals surface area contributed by atoms with Gasteiger partial charge in [-0.3, -0.25) is 5.32 Å². The predicted octanol–water partition coefficient (Wildman–Crippen LogP) is 2.98. The van der Waals surface area contributed by atoms with E-state index in [4.69, 9.17) is 0 Å². The van der Waals surface area contributed by atoms with E-state index in [9.17, 15) is 4.79 Å². The Hall–Kier alpha value is -2.63. The van der Waals surface area contributed by atoms with E-state index >= 15 is 0 Å². The van der Waals surface area contributed by atoms with E-state index in [1.165, 1.54) is 5.56 Å². The van der Waals surface area contributed by atoms with Crippen molar-refractivity contribution in [2.45, 2.75) is 44.7 Å². The Morgan fingerprint density at radius 1 is 1.15 bits per heavy atom. The van der Waals surface area contributed by atoms with Gasteiger partial charge in [-0.15, -0.1) is 0 Å². The molecule has 5 rings (SSSR count). The fourth-order valence-electron chi connectivity index (χ4n) is 4.47. The van der Waals surface area contributed by atoms with Gasteiger partial charge in [0.05, 0.1) is 6.54 Å². The zero-order valence-corrected chi connectivity index (χ0v) is 14.8. The number of amides is 2. The molecular weight excluding hydrogens is 326 g/mol. The molecule has 0 spiro atoms. The second-order valence-electron chi connectivity index (χ2n) is 7.44. The van der Waals surface area contributed by atoms with Gasteiger partial charge in [0.15, 0.2) is 0 Å². The molecule has 0 radical (unpaired) electrons. The Kier molecular flexibility index (Phi) is 3.76. The van der Waals surface area contributed by atoms with Crippen molar-refractivity contribution in [1.29, 1.82) is 0 Å². The highest BCUT2D eigenvalue weighted by Gasteiger charge is 2.34. The van der Waals surface area contributed by atoms with Gasteiger partial charge in [0.25, 0.3) is 0 Å². The van der Waals surface area contributed by atoms with Gasteiger partial charge in [0, 0.05) is 36.6 Å². The Labute approximate surface area is 153 Å². The highest BCUT2D eigenvalue weighted by Crippen LogP contribution is 2.31. The number of carbonyl (C=O) groups excluding carboxylic acids is 1. The molecule has 1 aliphatic carbocycles. The zero-order chi connectivity index (χ0) is 17.5. The Balaban J connectivity index is 1.38. The molecule has 6 nitrogen and oxygen atoms in total. The largest absolute Gasteiger partial charge is 0.352 e. The molecule has 1 N–H and O–H groups in total. The summed E-state index contributed by atoms with van der Waals surface area (Å²) in [6.45, 7) is 2.34. The summed E-state index contributed by atoms with van der Waals surface area (Å²) >= 11 is 0. The first kappa shape index (κ1) is 15.6. The number of aromatic nitrogens is 2. The summed E-state index contributed by atoms with van der Waals surface area (Å²) in [5, 5.41) is 3.02. The molecule has 1 saturated heterocycles. The molecule has 0 aromatic carbocycles. The number of hydrogen-bond donors (Lipinski definition) is 1. The van der Waals surface area contributed by atoms with Crippen molar-refractivity contribution >= 4 is 17.7 Å². The molecule has 134 valence electrons. The number of nitrogens with one attached hydrogen (secondary N) is 1. The first-order chi connectivity index (χ1) is 12.8. The number of nitrogens with zero attached hydrogens (tertiary/aromatic N) is 4. The molecular formula is C20H23N5O. The summed E-state index contributed by atoms with van der Waals surface area (Å²) in [6, 6.07) is 8.34. The number of urea groups is 1. The van der Waals surface area contributed by atoms with Crippen LogP contribution in [-0.2, 0) is 19.4 Å². The molecule has 2 aromatic heterocycles. The van der Waals surface area contributed by atoms with Crippen molar-refractivity contribution < 1.29 is 4.79 Å². The molecule has 26 heavy (non-hydrogen) atoms. The third-order valence-corrected chi connectivity index (χ3v) is 5.76. The smallest absolute Gasteiger partial charge is 0.323 e. The maximum absolute atomic E-state index is 13.0. The number of aryl methyl sites for hydroxylation is 2. The lowest BCUT2D eigenvalue weighted by Crippen LogP contribution is -2.42. The lowest BCUT2D eigenvalue weighted by molar-refractivity contribution is 0.207. The summed E-state index contributed by atoms with van der Waals surface area (Å²) < 4.78 is 0. The molecule has 2 aromatic rings. The third kappa shape index (κ3) is 2.69. The van der Waals surface area contributed by atoms with Gasteiger partial charge in [-0.25, -0.2) is 14.8 Å². The minimum absolute atomic E-state index is 0.0704. The van der Waals surface area contributed by atoms with E-state index in [0.29, 0.717) is 18.4 Å². The third-order valence-electron chi connectivity index (χ3n) is 5.76. The standard InChI is InChI=1S/C20H23N5O/c26-20(23-18-9-8-14-4-1-7-17(14)22-18)24-12-15-5-2-10-21-19(15)25-11-3-6-16(25)13-24/h2,5,8-10,16H,1,3-4,6-7,11-13H2,(H,22,23,26)/t16-/m1/s1. The monoisotopic (exact) mass is 349 g/mol. The average molecular weight is 349 g/mol. The predicted molar refractivity (Wildman–Crippen MR) is 100 cm³/mol. The van der Waals surface area contributed by atoms with Gasteiger partial charge >= 0.3 is 6.03 Å². The minimum Gasteiger partial charge on any atom is -0.352 e. The van der Waals surface area contributed by atoms with Crippen LogP contribution in [0.4, 0.5) is 16.4 Å². The van der Waals surface area contributed by atoms with Crippen LogP contribution in [0, 0.1) is 0 Å². The van der Waals surface area contributed by atoms with Crippen LogP contribution in [0.15, 0.2) is 30.5 Å².